The van der Waals surface area contributed by atoms with Crippen LogP contribution in [0.4, 0.5) is 0 Å². The summed E-state index contributed by atoms with van der Waals surface area (Å²) >= 11 is 0. The molecule has 1 amide bonds. The zero-order valence-electron chi connectivity index (χ0n) is 14.1. The maximum atomic E-state index is 12.4. The molecule has 2 aromatic rings. The molecular formula is C19H22N2O4. The maximum Gasteiger partial charge on any atom is 0.230 e. The van der Waals surface area contributed by atoms with Crippen molar-refractivity contribution in [3.63, 3.8) is 0 Å². The highest BCUT2D eigenvalue weighted by atomic mass is 16.6. The van der Waals surface area contributed by atoms with Gasteiger partial charge in [-0.25, -0.2) is 0 Å². The summed E-state index contributed by atoms with van der Waals surface area (Å²) in [5.74, 6) is 0.795. The first-order valence-corrected chi connectivity index (χ1v) is 8.68. The maximum absolute atomic E-state index is 12.4. The van der Waals surface area contributed by atoms with Crippen LogP contribution in [0.25, 0.3) is 0 Å². The third-order valence-corrected chi connectivity index (χ3v) is 4.94. The summed E-state index contributed by atoms with van der Waals surface area (Å²) in [6, 6.07) is 9.44. The van der Waals surface area contributed by atoms with E-state index in [2.05, 4.69) is 4.98 Å². The number of carbonyl (C=O) groups is 1. The number of ether oxygens (including phenoxy) is 2. The van der Waals surface area contributed by atoms with Crippen LogP contribution >= 0.6 is 0 Å². The Balaban J connectivity index is 1.28. The van der Waals surface area contributed by atoms with Gasteiger partial charge in [-0.15, -0.1) is 0 Å². The Kier molecular flexibility index (Phi) is 4.55. The molecule has 0 saturated carbocycles. The summed E-state index contributed by atoms with van der Waals surface area (Å²) in [6.45, 7) is 2.43. The van der Waals surface area contributed by atoms with Gasteiger partial charge in [0.2, 0.25) is 5.91 Å². The minimum atomic E-state index is -0.256. The average molecular weight is 342 g/mol. The van der Waals surface area contributed by atoms with Crippen LogP contribution in [-0.2, 0) is 27.3 Å². The number of furan rings is 1. The Labute approximate surface area is 146 Å². The van der Waals surface area contributed by atoms with Crippen molar-refractivity contribution in [2.24, 2.45) is 0 Å². The molecule has 4 rings (SSSR count). The van der Waals surface area contributed by atoms with E-state index in [9.17, 15) is 4.79 Å². The van der Waals surface area contributed by atoms with Crippen molar-refractivity contribution in [2.45, 2.75) is 37.6 Å². The van der Waals surface area contributed by atoms with Crippen LogP contribution in [0.15, 0.2) is 47.2 Å². The fourth-order valence-electron chi connectivity index (χ4n) is 3.61. The Morgan fingerprint density at radius 2 is 2.32 bits per heavy atom. The molecule has 2 atom stereocenters. The lowest BCUT2D eigenvalue weighted by Crippen LogP contribution is -2.36. The summed E-state index contributed by atoms with van der Waals surface area (Å²) in [5.41, 5.74) is 0.665. The van der Waals surface area contributed by atoms with E-state index in [1.807, 2.05) is 29.2 Å². The van der Waals surface area contributed by atoms with Gasteiger partial charge in [-0.2, -0.15) is 0 Å². The van der Waals surface area contributed by atoms with Crippen molar-refractivity contribution < 1.29 is 18.7 Å². The zero-order valence-corrected chi connectivity index (χ0v) is 14.1. The Hall–Kier alpha value is -2.18. The highest BCUT2D eigenvalue weighted by Crippen LogP contribution is 2.36. The molecule has 2 saturated heterocycles. The first-order valence-electron chi connectivity index (χ1n) is 8.68. The van der Waals surface area contributed by atoms with E-state index in [1.165, 1.54) is 0 Å². The number of aromatic nitrogens is 1. The van der Waals surface area contributed by atoms with Gasteiger partial charge in [-0.05, 0) is 30.7 Å². The van der Waals surface area contributed by atoms with E-state index in [0.29, 0.717) is 31.9 Å². The van der Waals surface area contributed by atoms with Crippen LogP contribution in [0.1, 0.15) is 24.3 Å². The molecule has 6 heteroatoms. The summed E-state index contributed by atoms with van der Waals surface area (Å²) in [7, 11) is 0. The van der Waals surface area contributed by atoms with Crippen molar-refractivity contribution in [3.05, 3.63) is 54.2 Å². The normalized spacial score (nSPS) is 25.8. The molecule has 1 spiro atoms. The number of nitrogens with zero attached hydrogens (tertiary/aromatic N) is 2. The van der Waals surface area contributed by atoms with Gasteiger partial charge in [0.05, 0.1) is 43.3 Å². The number of carbonyl (C=O) groups excluding carboxylic acids is 1. The Morgan fingerprint density at radius 3 is 3.12 bits per heavy atom. The zero-order chi connectivity index (χ0) is 17.1. The van der Waals surface area contributed by atoms with Gasteiger partial charge in [0.1, 0.15) is 5.76 Å². The van der Waals surface area contributed by atoms with Crippen LogP contribution in [0.3, 0.4) is 0 Å². The van der Waals surface area contributed by atoms with Gasteiger partial charge in [-0.1, -0.05) is 6.07 Å². The van der Waals surface area contributed by atoms with Crippen molar-refractivity contribution >= 4 is 5.91 Å². The minimum Gasteiger partial charge on any atom is -0.469 e. The van der Waals surface area contributed by atoms with Gasteiger partial charge in [0.25, 0.3) is 0 Å². The smallest absolute Gasteiger partial charge is 0.230 e. The molecule has 132 valence electrons. The molecule has 0 aromatic carbocycles. The number of likely N-dealkylation sites (tertiary alicyclic amines) is 1. The van der Waals surface area contributed by atoms with E-state index in [1.54, 1.807) is 18.5 Å². The van der Waals surface area contributed by atoms with Gasteiger partial charge in [-0.3, -0.25) is 9.78 Å². The molecule has 25 heavy (non-hydrogen) atoms. The van der Waals surface area contributed by atoms with Crippen LogP contribution in [0.5, 0.6) is 0 Å². The lowest BCUT2D eigenvalue weighted by Gasteiger charge is -2.23. The van der Waals surface area contributed by atoms with E-state index in [4.69, 9.17) is 13.9 Å². The molecule has 2 aliphatic heterocycles. The molecule has 0 N–H and O–H groups in total. The standard InChI is InChI=1S/C19H22N2O4/c22-18(10-16-5-3-9-23-16)21-8-6-19(14-21)11-17(13-25-19)24-12-15-4-1-2-7-20-15/h1-5,7,9,17H,6,8,10-14H2/t17-,19-/m0/s1. The second-order valence-corrected chi connectivity index (χ2v) is 6.77. The van der Waals surface area contributed by atoms with Crippen LogP contribution in [0, 0.1) is 0 Å². The predicted octanol–water partition coefficient (Wildman–Crippen LogP) is 2.19. The van der Waals surface area contributed by atoms with E-state index in [0.717, 1.165) is 25.1 Å². The summed E-state index contributed by atoms with van der Waals surface area (Å²) < 4.78 is 17.3. The van der Waals surface area contributed by atoms with Crippen LogP contribution in [-0.4, -0.2) is 47.2 Å². The fourth-order valence-corrected chi connectivity index (χ4v) is 3.61. The Morgan fingerprint density at radius 1 is 1.36 bits per heavy atom. The lowest BCUT2D eigenvalue weighted by molar-refractivity contribution is -0.130. The minimum absolute atomic E-state index is 0.0575. The monoisotopic (exact) mass is 342 g/mol. The number of hydrogen-bond acceptors (Lipinski definition) is 5. The largest absolute Gasteiger partial charge is 0.469 e. The van der Waals surface area contributed by atoms with E-state index in [-0.39, 0.29) is 17.6 Å². The topological polar surface area (TPSA) is 64.8 Å². The highest BCUT2D eigenvalue weighted by molar-refractivity contribution is 5.78. The molecule has 6 nitrogen and oxygen atoms in total. The average Bonchev–Trinajstić information content (AvgIpc) is 3.37. The van der Waals surface area contributed by atoms with Crippen LogP contribution in [0.2, 0.25) is 0 Å². The predicted molar refractivity (Wildman–Crippen MR) is 89.7 cm³/mol. The van der Waals surface area contributed by atoms with Gasteiger partial charge >= 0.3 is 0 Å². The van der Waals surface area contributed by atoms with Crippen molar-refractivity contribution in [3.8, 4) is 0 Å². The fraction of sp³-hybridized carbons (Fsp3) is 0.474. The van der Waals surface area contributed by atoms with Crippen molar-refractivity contribution in [1.29, 1.82) is 0 Å². The summed E-state index contributed by atoms with van der Waals surface area (Å²) in [6.07, 6.45) is 5.41. The third-order valence-electron chi connectivity index (χ3n) is 4.94. The molecular weight excluding hydrogens is 320 g/mol. The molecule has 0 aliphatic carbocycles. The molecule has 2 aliphatic rings. The summed E-state index contributed by atoms with van der Waals surface area (Å²) in [5, 5.41) is 0. The number of hydrogen-bond donors (Lipinski definition) is 0. The molecule has 4 heterocycles. The van der Waals surface area contributed by atoms with E-state index >= 15 is 0 Å². The Bertz CT molecular complexity index is 703. The molecule has 0 unspecified atom stereocenters. The quantitative estimate of drug-likeness (QED) is 0.833. The van der Waals surface area contributed by atoms with Gasteiger partial charge in [0.15, 0.2) is 0 Å². The number of pyridine rings is 1. The number of amides is 1. The first-order chi connectivity index (χ1) is 12.2. The molecule has 2 aromatic heterocycles. The first kappa shape index (κ1) is 16.3. The van der Waals surface area contributed by atoms with E-state index < -0.39 is 0 Å². The van der Waals surface area contributed by atoms with Gasteiger partial charge < -0.3 is 18.8 Å². The number of rotatable bonds is 5. The highest BCUT2D eigenvalue weighted by Gasteiger charge is 2.47. The lowest BCUT2D eigenvalue weighted by atomic mass is 9.98. The molecule has 0 radical (unpaired) electrons. The molecule has 2 fully saturated rings. The van der Waals surface area contributed by atoms with Crippen molar-refractivity contribution in [1.82, 2.24) is 9.88 Å². The second kappa shape index (κ2) is 6.98. The SMILES string of the molecule is O=C(Cc1ccco1)N1CC[C@]2(C[C@H](OCc3ccccn3)CO2)C1. The molecule has 0 bridgehead atoms. The summed E-state index contributed by atoms with van der Waals surface area (Å²) in [4.78, 5) is 18.6. The van der Waals surface area contributed by atoms with Gasteiger partial charge in [0, 0.05) is 25.7 Å². The second-order valence-electron chi connectivity index (χ2n) is 6.77. The third kappa shape index (κ3) is 3.75. The van der Waals surface area contributed by atoms with Crippen molar-refractivity contribution in [2.75, 3.05) is 19.7 Å². The van der Waals surface area contributed by atoms with Crippen LogP contribution < -0.4 is 0 Å².